The van der Waals surface area contributed by atoms with Crippen molar-refractivity contribution in [1.29, 1.82) is 10.5 Å². The van der Waals surface area contributed by atoms with Gasteiger partial charge < -0.3 is 15.2 Å². The van der Waals surface area contributed by atoms with E-state index in [1.165, 1.54) is 0 Å². The topological polar surface area (TPSA) is 89.1 Å². The van der Waals surface area contributed by atoms with E-state index in [4.69, 9.17) is 20.4 Å². The molecule has 0 unspecified atom stereocenters. The Balaban J connectivity index is 2.50. The van der Waals surface area contributed by atoms with E-state index in [0.717, 1.165) is 5.69 Å². The van der Waals surface area contributed by atoms with Crippen molar-refractivity contribution in [3.63, 3.8) is 0 Å². The molecular weight excluding hydrogens is 218 g/mol. The number of aliphatic hydroxyl groups is 1. The summed E-state index contributed by atoms with van der Waals surface area (Å²) in [5, 5.41) is 29.1. The number of aliphatic hydroxyl groups excluding tert-OH is 1. The van der Waals surface area contributed by atoms with Crippen LogP contribution in [-0.2, 0) is 4.74 Å². The lowest BCUT2D eigenvalue weighted by Crippen LogP contribution is -2.11. The molecule has 0 atom stereocenters. The lowest BCUT2D eigenvalue weighted by atomic mass is 10.1. The summed E-state index contributed by atoms with van der Waals surface area (Å²) in [5.74, 6) is 0. The van der Waals surface area contributed by atoms with E-state index in [-0.39, 0.29) is 6.61 Å². The molecule has 1 aromatic rings. The Hall–Kier alpha value is -2.08. The van der Waals surface area contributed by atoms with E-state index in [2.05, 4.69) is 5.32 Å². The summed E-state index contributed by atoms with van der Waals surface area (Å²) in [4.78, 5) is 0. The molecule has 1 aromatic carbocycles. The van der Waals surface area contributed by atoms with E-state index in [9.17, 15) is 0 Å². The van der Waals surface area contributed by atoms with Crippen molar-refractivity contribution in [1.82, 2.24) is 0 Å². The summed E-state index contributed by atoms with van der Waals surface area (Å²) in [6.45, 7) is 1.38. The average molecular weight is 231 g/mol. The van der Waals surface area contributed by atoms with Gasteiger partial charge in [-0.05, 0) is 18.2 Å². The number of nitrogens with zero attached hydrogens (tertiary/aromatic N) is 2. The van der Waals surface area contributed by atoms with E-state index < -0.39 is 0 Å². The molecule has 0 saturated heterocycles. The summed E-state index contributed by atoms with van der Waals surface area (Å²) in [7, 11) is 0. The quantitative estimate of drug-likeness (QED) is 0.708. The molecule has 0 amide bonds. The zero-order valence-corrected chi connectivity index (χ0v) is 9.31. The fraction of sp³-hybridized carbons (Fsp3) is 0.333. The number of nitrogens with one attached hydrogen (secondary N) is 1. The van der Waals surface area contributed by atoms with Crippen LogP contribution in [-0.4, -0.2) is 31.5 Å². The SMILES string of the molecule is N#Cc1ccc(NCCOCCO)cc1C#N. The third-order valence-electron chi connectivity index (χ3n) is 2.07. The second kappa shape index (κ2) is 7.24. The largest absolute Gasteiger partial charge is 0.394 e. The Morgan fingerprint density at radius 3 is 2.59 bits per heavy atom. The Kier molecular flexibility index (Phi) is 5.53. The maximum absolute atomic E-state index is 8.83. The minimum atomic E-state index is 0.00937. The standard InChI is InChI=1S/C12H13N3O2/c13-8-10-1-2-12(7-11(10)9-14)15-3-5-17-6-4-16/h1-2,7,15-16H,3-6H2. The first-order chi connectivity index (χ1) is 8.31. The first-order valence-electron chi connectivity index (χ1n) is 5.18. The highest BCUT2D eigenvalue weighted by Crippen LogP contribution is 2.14. The summed E-state index contributed by atoms with van der Waals surface area (Å²) < 4.78 is 5.08. The Morgan fingerprint density at radius 2 is 1.94 bits per heavy atom. The molecule has 17 heavy (non-hydrogen) atoms. The van der Waals surface area contributed by atoms with Crippen LogP contribution in [0.2, 0.25) is 0 Å². The Morgan fingerprint density at radius 1 is 1.18 bits per heavy atom. The van der Waals surface area contributed by atoms with Gasteiger partial charge in [0.05, 0.1) is 30.9 Å². The van der Waals surface area contributed by atoms with E-state index in [1.54, 1.807) is 18.2 Å². The third kappa shape index (κ3) is 4.12. The molecule has 0 saturated carbocycles. The summed E-state index contributed by atoms with van der Waals surface area (Å²) in [5.41, 5.74) is 1.50. The Bertz CT molecular complexity index is 446. The minimum Gasteiger partial charge on any atom is -0.394 e. The van der Waals surface area contributed by atoms with Gasteiger partial charge in [-0.2, -0.15) is 10.5 Å². The van der Waals surface area contributed by atoms with Crippen LogP contribution in [0.3, 0.4) is 0 Å². The van der Waals surface area contributed by atoms with Crippen molar-refractivity contribution in [2.24, 2.45) is 0 Å². The number of anilines is 1. The van der Waals surface area contributed by atoms with Crippen molar-refractivity contribution in [3.05, 3.63) is 29.3 Å². The van der Waals surface area contributed by atoms with Crippen LogP contribution >= 0.6 is 0 Å². The van der Waals surface area contributed by atoms with Gasteiger partial charge in [-0.25, -0.2) is 0 Å². The van der Waals surface area contributed by atoms with E-state index in [0.29, 0.717) is 30.9 Å². The van der Waals surface area contributed by atoms with Crippen molar-refractivity contribution in [3.8, 4) is 12.1 Å². The van der Waals surface area contributed by atoms with Crippen LogP contribution in [0.15, 0.2) is 18.2 Å². The molecule has 0 spiro atoms. The van der Waals surface area contributed by atoms with Crippen LogP contribution in [0.5, 0.6) is 0 Å². The number of ether oxygens (including phenoxy) is 1. The summed E-state index contributed by atoms with van der Waals surface area (Å²) >= 11 is 0. The molecule has 0 aliphatic rings. The average Bonchev–Trinajstić information content (AvgIpc) is 2.38. The normalized spacial score (nSPS) is 9.35. The van der Waals surface area contributed by atoms with Gasteiger partial charge in [0.25, 0.3) is 0 Å². The van der Waals surface area contributed by atoms with Crippen molar-refractivity contribution < 1.29 is 9.84 Å². The van der Waals surface area contributed by atoms with Crippen molar-refractivity contribution >= 4 is 5.69 Å². The van der Waals surface area contributed by atoms with Gasteiger partial charge >= 0.3 is 0 Å². The van der Waals surface area contributed by atoms with Crippen LogP contribution in [0, 0.1) is 22.7 Å². The van der Waals surface area contributed by atoms with Gasteiger partial charge in [0.15, 0.2) is 0 Å². The number of benzene rings is 1. The zero-order chi connectivity index (χ0) is 12.5. The molecule has 0 radical (unpaired) electrons. The summed E-state index contributed by atoms with van der Waals surface area (Å²) in [6, 6.07) is 8.90. The predicted molar refractivity (Wildman–Crippen MR) is 62.3 cm³/mol. The van der Waals surface area contributed by atoms with Crippen molar-refractivity contribution in [2.45, 2.75) is 0 Å². The van der Waals surface area contributed by atoms with Crippen LogP contribution in [0.1, 0.15) is 11.1 Å². The van der Waals surface area contributed by atoms with Crippen LogP contribution in [0.4, 0.5) is 5.69 Å². The molecular formula is C12H13N3O2. The zero-order valence-electron chi connectivity index (χ0n) is 9.31. The van der Waals surface area contributed by atoms with Gasteiger partial charge in [-0.1, -0.05) is 0 Å². The second-order valence-corrected chi connectivity index (χ2v) is 3.25. The lowest BCUT2D eigenvalue weighted by Gasteiger charge is -2.07. The van der Waals surface area contributed by atoms with Crippen LogP contribution in [0.25, 0.3) is 0 Å². The smallest absolute Gasteiger partial charge is 0.101 e. The maximum Gasteiger partial charge on any atom is 0.101 e. The molecule has 0 bridgehead atoms. The monoisotopic (exact) mass is 231 g/mol. The highest BCUT2D eigenvalue weighted by Gasteiger charge is 2.02. The molecule has 88 valence electrons. The van der Waals surface area contributed by atoms with E-state index in [1.807, 2.05) is 12.1 Å². The molecule has 1 rings (SSSR count). The first kappa shape index (κ1) is 13.0. The molecule has 0 heterocycles. The molecule has 0 fully saturated rings. The number of nitriles is 2. The molecule has 5 heteroatoms. The molecule has 5 nitrogen and oxygen atoms in total. The fourth-order valence-electron chi connectivity index (χ4n) is 1.28. The van der Waals surface area contributed by atoms with E-state index >= 15 is 0 Å². The van der Waals surface area contributed by atoms with Gasteiger partial charge in [0, 0.05) is 12.2 Å². The predicted octanol–water partition coefficient (Wildman–Crippen LogP) is 0.851. The van der Waals surface area contributed by atoms with Gasteiger partial charge in [0.2, 0.25) is 0 Å². The van der Waals surface area contributed by atoms with Gasteiger partial charge in [-0.3, -0.25) is 0 Å². The fourth-order valence-corrected chi connectivity index (χ4v) is 1.28. The highest BCUT2D eigenvalue weighted by atomic mass is 16.5. The molecule has 0 aromatic heterocycles. The first-order valence-corrected chi connectivity index (χ1v) is 5.18. The summed E-state index contributed by atoms with van der Waals surface area (Å²) in [6.07, 6.45) is 0. The number of hydrogen-bond donors (Lipinski definition) is 2. The number of hydrogen-bond acceptors (Lipinski definition) is 5. The number of rotatable bonds is 6. The lowest BCUT2D eigenvalue weighted by molar-refractivity contribution is 0.0992. The third-order valence-corrected chi connectivity index (χ3v) is 2.07. The molecule has 0 aliphatic heterocycles. The molecule has 2 N–H and O–H groups in total. The minimum absolute atomic E-state index is 0.00937. The highest BCUT2D eigenvalue weighted by molar-refractivity contribution is 5.56. The molecule has 0 aliphatic carbocycles. The maximum atomic E-state index is 8.83. The van der Waals surface area contributed by atoms with Crippen molar-refractivity contribution in [2.75, 3.05) is 31.7 Å². The van der Waals surface area contributed by atoms with Gasteiger partial charge in [0.1, 0.15) is 12.1 Å². The Labute approximate surface area is 99.9 Å². The second-order valence-electron chi connectivity index (χ2n) is 3.25. The van der Waals surface area contributed by atoms with Gasteiger partial charge in [-0.15, -0.1) is 0 Å². The van der Waals surface area contributed by atoms with Crippen LogP contribution < -0.4 is 5.32 Å².